The van der Waals surface area contributed by atoms with Crippen LogP contribution in [0.15, 0.2) is 60.7 Å². The predicted octanol–water partition coefficient (Wildman–Crippen LogP) is 4.68. The molecule has 29 heavy (non-hydrogen) atoms. The van der Waals surface area contributed by atoms with Crippen molar-refractivity contribution in [3.05, 3.63) is 71.8 Å². The van der Waals surface area contributed by atoms with E-state index in [2.05, 4.69) is 6.92 Å². The summed E-state index contributed by atoms with van der Waals surface area (Å²) in [6, 6.07) is 19.0. The average Bonchev–Trinajstić information content (AvgIpc) is 2.75. The van der Waals surface area contributed by atoms with Crippen LogP contribution in [0.2, 0.25) is 0 Å². The molecule has 0 radical (unpaired) electrons. The van der Waals surface area contributed by atoms with E-state index in [0.717, 1.165) is 24.0 Å². The fraction of sp³-hybridized carbons (Fsp3) is 0.391. The van der Waals surface area contributed by atoms with Crippen molar-refractivity contribution < 1.29 is 19.2 Å². The molecule has 0 aliphatic carbocycles. The van der Waals surface area contributed by atoms with Gasteiger partial charge in [-0.25, -0.2) is 4.79 Å². The maximum Gasteiger partial charge on any atom is 0.528 e. The fourth-order valence-corrected chi connectivity index (χ4v) is 3.54. The quantitative estimate of drug-likeness (QED) is 0.636. The molecule has 0 unspecified atom stereocenters. The van der Waals surface area contributed by atoms with Crippen molar-refractivity contribution in [1.29, 1.82) is 0 Å². The topological polar surface area (TPSA) is 59.1 Å². The molecule has 1 saturated heterocycles. The zero-order valence-electron chi connectivity index (χ0n) is 17.0. The molecule has 0 saturated carbocycles. The molecule has 3 rings (SSSR count). The Kier molecular flexibility index (Phi) is 7.25. The van der Waals surface area contributed by atoms with Crippen LogP contribution in [-0.2, 0) is 21.0 Å². The summed E-state index contributed by atoms with van der Waals surface area (Å²) in [5.74, 6) is 0.0669. The van der Waals surface area contributed by atoms with Crippen LogP contribution < -0.4 is 0 Å². The zero-order chi connectivity index (χ0) is 20.6. The number of nitrogens with zero attached hydrogens (tertiary/aromatic N) is 2. The molecule has 6 nitrogen and oxygen atoms in total. The maximum absolute atomic E-state index is 12.8. The van der Waals surface area contributed by atoms with Gasteiger partial charge < -0.3 is 14.5 Å². The number of hydrogen-bond donors (Lipinski definition) is 0. The number of ether oxygens (including phenoxy) is 1. The fourth-order valence-electron chi connectivity index (χ4n) is 3.54. The van der Waals surface area contributed by atoms with Gasteiger partial charge in [-0.2, -0.15) is 0 Å². The Bertz CT molecular complexity index is 797. The van der Waals surface area contributed by atoms with Crippen LogP contribution in [-0.4, -0.2) is 34.7 Å². The van der Waals surface area contributed by atoms with Crippen molar-refractivity contribution in [2.45, 2.75) is 51.8 Å². The van der Waals surface area contributed by atoms with Crippen LogP contribution in [0.5, 0.6) is 0 Å². The monoisotopic (exact) mass is 396 g/mol. The molecule has 0 spiro atoms. The molecule has 6 heteroatoms. The summed E-state index contributed by atoms with van der Waals surface area (Å²) in [5, 5.41) is 1.59. The molecule has 1 aliphatic rings. The van der Waals surface area contributed by atoms with E-state index in [4.69, 9.17) is 9.57 Å². The second kappa shape index (κ2) is 10.1. The molecule has 2 aromatic carbocycles. The van der Waals surface area contributed by atoms with Gasteiger partial charge in [0.25, 0.3) is 0 Å². The van der Waals surface area contributed by atoms with Gasteiger partial charge in [0, 0.05) is 6.42 Å². The van der Waals surface area contributed by atoms with E-state index in [9.17, 15) is 9.59 Å². The van der Waals surface area contributed by atoms with Gasteiger partial charge in [0.1, 0.15) is 13.3 Å². The number of carbonyl (C=O) groups is 2. The molecule has 1 fully saturated rings. The van der Waals surface area contributed by atoms with E-state index in [-0.39, 0.29) is 31.3 Å². The summed E-state index contributed by atoms with van der Waals surface area (Å²) < 4.78 is 5.26. The Labute approximate surface area is 172 Å². The number of carbonyl (C=O) groups excluding carboxylic acids is 2. The number of hydrogen-bond acceptors (Lipinski definition) is 5. The number of amides is 1. The summed E-state index contributed by atoms with van der Waals surface area (Å²) in [4.78, 5) is 32.3. The van der Waals surface area contributed by atoms with E-state index in [1.807, 2.05) is 67.6 Å². The molecule has 154 valence electrons. The van der Waals surface area contributed by atoms with Crippen LogP contribution >= 0.6 is 0 Å². The lowest BCUT2D eigenvalue weighted by Crippen LogP contribution is -2.54. The smallest absolute Gasteiger partial charge is 0.428 e. The van der Waals surface area contributed by atoms with Gasteiger partial charge in [-0.1, -0.05) is 74.0 Å². The summed E-state index contributed by atoms with van der Waals surface area (Å²) >= 11 is 0. The Morgan fingerprint density at radius 3 is 2.41 bits per heavy atom. The Morgan fingerprint density at radius 2 is 1.76 bits per heavy atom. The Balaban J connectivity index is 1.65. The van der Waals surface area contributed by atoms with Crippen LogP contribution in [0.25, 0.3) is 0 Å². The third kappa shape index (κ3) is 5.57. The lowest BCUT2D eigenvalue weighted by atomic mass is 10.0. The number of benzene rings is 2. The van der Waals surface area contributed by atoms with Crippen molar-refractivity contribution in [2.24, 2.45) is 0 Å². The first-order valence-electron chi connectivity index (χ1n) is 10.1. The third-order valence-electron chi connectivity index (χ3n) is 5.19. The minimum absolute atomic E-state index is 0.0669. The van der Waals surface area contributed by atoms with Gasteiger partial charge in [-0.3, -0.25) is 4.79 Å². The summed E-state index contributed by atoms with van der Waals surface area (Å²) in [6.07, 6.45) is 1.23. The van der Waals surface area contributed by atoms with Gasteiger partial charge in [-0.15, -0.1) is 5.06 Å². The lowest BCUT2D eigenvalue weighted by molar-refractivity contribution is -0.206. The molecule has 2 atom stereocenters. The average molecular weight is 396 g/mol. The number of hydroxylamine groups is 2. The molecule has 1 heterocycles. The van der Waals surface area contributed by atoms with Gasteiger partial charge in [0.15, 0.2) is 0 Å². The molecule has 0 N–H and O–H groups in total. The van der Waals surface area contributed by atoms with Crippen LogP contribution in [0, 0.1) is 0 Å². The largest absolute Gasteiger partial charge is 0.528 e. The molecular formula is C23H28N2O4. The van der Waals surface area contributed by atoms with E-state index in [1.165, 1.54) is 0 Å². The van der Waals surface area contributed by atoms with Crippen LogP contribution in [0.4, 0.5) is 4.79 Å². The van der Waals surface area contributed by atoms with Gasteiger partial charge in [-0.05, 0) is 24.5 Å². The molecule has 2 aromatic rings. The van der Waals surface area contributed by atoms with E-state index < -0.39 is 6.16 Å². The van der Waals surface area contributed by atoms with Crippen molar-refractivity contribution in [3.8, 4) is 0 Å². The van der Waals surface area contributed by atoms with Crippen molar-refractivity contribution in [3.63, 3.8) is 0 Å². The summed E-state index contributed by atoms with van der Waals surface area (Å²) in [7, 11) is 0. The van der Waals surface area contributed by atoms with Gasteiger partial charge in [0.2, 0.25) is 5.91 Å². The lowest BCUT2D eigenvalue weighted by Gasteiger charge is -2.41. The zero-order valence-corrected chi connectivity index (χ0v) is 17.0. The van der Waals surface area contributed by atoms with Crippen molar-refractivity contribution in [1.82, 2.24) is 9.96 Å². The summed E-state index contributed by atoms with van der Waals surface area (Å²) in [5.41, 5.74) is 1.93. The first-order valence-corrected chi connectivity index (χ1v) is 10.1. The molecule has 0 aromatic heterocycles. The molecule has 1 aliphatic heterocycles. The standard InChI is InChI=1S/C23H28N2O4/c1-3-10-21-15-22(26)24(18(2)20-13-8-5-9-14-20)17-25(21)29-23(27)28-16-19-11-6-4-7-12-19/h4-9,11-14,18,21H,3,10,15-17H2,1-2H3/t18-,21+/m0/s1. The first-order chi connectivity index (χ1) is 14.1. The molecular weight excluding hydrogens is 368 g/mol. The van der Waals surface area contributed by atoms with E-state index in [1.54, 1.807) is 9.96 Å². The van der Waals surface area contributed by atoms with E-state index >= 15 is 0 Å². The van der Waals surface area contributed by atoms with Crippen molar-refractivity contribution in [2.75, 3.05) is 6.67 Å². The van der Waals surface area contributed by atoms with Gasteiger partial charge in [0.05, 0.1) is 12.1 Å². The molecule has 0 bridgehead atoms. The second-order valence-electron chi connectivity index (χ2n) is 7.27. The minimum atomic E-state index is -0.753. The maximum atomic E-state index is 12.8. The summed E-state index contributed by atoms with van der Waals surface area (Å²) in [6.45, 7) is 4.41. The first kappa shape index (κ1) is 20.9. The second-order valence-corrected chi connectivity index (χ2v) is 7.27. The van der Waals surface area contributed by atoms with Crippen LogP contribution in [0.3, 0.4) is 0 Å². The number of rotatable bonds is 7. The third-order valence-corrected chi connectivity index (χ3v) is 5.19. The highest BCUT2D eigenvalue weighted by molar-refractivity contribution is 5.78. The van der Waals surface area contributed by atoms with E-state index in [0.29, 0.717) is 6.42 Å². The highest BCUT2D eigenvalue weighted by Gasteiger charge is 2.36. The van der Waals surface area contributed by atoms with Crippen molar-refractivity contribution >= 4 is 12.1 Å². The highest BCUT2D eigenvalue weighted by atomic mass is 16.8. The Morgan fingerprint density at radius 1 is 1.10 bits per heavy atom. The van der Waals surface area contributed by atoms with Crippen LogP contribution in [0.1, 0.15) is 50.3 Å². The highest BCUT2D eigenvalue weighted by Crippen LogP contribution is 2.28. The minimum Gasteiger partial charge on any atom is -0.428 e. The predicted molar refractivity (Wildman–Crippen MR) is 109 cm³/mol. The molecule has 1 amide bonds. The normalized spacial score (nSPS) is 18.3. The SMILES string of the molecule is CCC[C@@H]1CC(=O)N([C@@H](C)c2ccccc2)CN1OC(=O)OCc1ccccc1. The van der Waals surface area contributed by atoms with Gasteiger partial charge >= 0.3 is 6.16 Å². The Hall–Kier alpha value is -2.86.